The maximum absolute atomic E-state index is 11.0. The quantitative estimate of drug-likeness (QED) is 0.684. The standard InChI is InChI=1S/C17H15ClN2O3/c1-11-2-5-13(6-3-11)23-9-8-20-15-10-12(18)4-7-14(15)16(19-22)17(20)21/h2-7,10,21H,8-9H2,1H3. The predicted molar refractivity (Wildman–Crippen MR) is 90.7 cm³/mol. The molecule has 0 fully saturated rings. The van der Waals surface area contributed by atoms with Gasteiger partial charge in [0.05, 0.1) is 12.1 Å². The molecule has 0 aliphatic carbocycles. The van der Waals surface area contributed by atoms with Gasteiger partial charge in [-0.15, -0.1) is 4.91 Å². The number of fused-ring (bicyclic) bond motifs is 1. The number of benzene rings is 2. The first-order valence-corrected chi connectivity index (χ1v) is 7.51. The lowest BCUT2D eigenvalue weighted by atomic mass is 10.2. The maximum atomic E-state index is 11.0. The molecule has 0 amide bonds. The molecule has 2 aromatic carbocycles. The van der Waals surface area contributed by atoms with E-state index >= 15 is 0 Å². The van der Waals surface area contributed by atoms with Gasteiger partial charge in [0.15, 0.2) is 5.69 Å². The van der Waals surface area contributed by atoms with Crippen LogP contribution in [0.15, 0.2) is 47.6 Å². The third kappa shape index (κ3) is 3.00. The van der Waals surface area contributed by atoms with Gasteiger partial charge in [0.2, 0.25) is 5.88 Å². The minimum Gasteiger partial charge on any atom is -0.493 e. The predicted octanol–water partition coefficient (Wildman–Crippen LogP) is 4.79. The molecular formula is C17H15ClN2O3. The molecule has 5 nitrogen and oxygen atoms in total. The van der Waals surface area contributed by atoms with Crippen molar-refractivity contribution in [3.63, 3.8) is 0 Å². The Kier molecular flexibility index (Phi) is 4.21. The molecule has 118 valence electrons. The van der Waals surface area contributed by atoms with E-state index in [0.29, 0.717) is 29.1 Å². The van der Waals surface area contributed by atoms with E-state index in [1.165, 1.54) is 0 Å². The minimum absolute atomic E-state index is 0.0204. The molecule has 0 spiro atoms. The van der Waals surface area contributed by atoms with Crippen LogP contribution in [-0.2, 0) is 6.54 Å². The van der Waals surface area contributed by atoms with E-state index in [0.717, 1.165) is 11.3 Å². The van der Waals surface area contributed by atoms with Gasteiger partial charge in [-0.3, -0.25) is 0 Å². The zero-order valence-corrected chi connectivity index (χ0v) is 13.2. The van der Waals surface area contributed by atoms with Gasteiger partial charge in [0.25, 0.3) is 0 Å². The van der Waals surface area contributed by atoms with Gasteiger partial charge in [-0.1, -0.05) is 29.3 Å². The van der Waals surface area contributed by atoms with Crippen molar-refractivity contribution < 1.29 is 9.84 Å². The molecule has 3 aromatic rings. The Morgan fingerprint density at radius 2 is 1.96 bits per heavy atom. The van der Waals surface area contributed by atoms with Gasteiger partial charge >= 0.3 is 0 Å². The molecule has 0 saturated heterocycles. The molecular weight excluding hydrogens is 316 g/mol. The van der Waals surface area contributed by atoms with Gasteiger partial charge in [-0.2, -0.15) is 0 Å². The van der Waals surface area contributed by atoms with Gasteiger partial charge in [0, 0.05) is 10.4 Å². The number of aromatic hydroxyl groups is 1. The van der Waals surface area contributed by atoms with Gasteiger partial charge in [-0.05, 0) is 42.4 Å². The van der Waals surface area contributed by atoms with E-state index in [9.17, 15) is 10.0 Å². The summed E-state index contributed by atoms with van der Waals surface area (Å²) in [4.78, 5) is 11.0. The first kappa shape index (κ1) is 15.4. The number of hydrogen-bond donors (Lipinski definition) is 1. The van der Waals surface area contributed by atoms with Crippen LogP contribution in [0.25, 0.3) is 10.9 Å². The van der Waals surface area contributed by atoms with Gasteiger partial charge in [0.1, 0.15) is 12.4 Å². The van der Waals surface area contributed by atoms with Crippen molar-refractivity contribution in [1.29, 1.82) is 0 Å². The second-order valence-corrected chi connectivity index (χ2v) is 5.67. The summed E-state index contributed by atoms with van der Waals surface area (Å²) in [5, 5.41) is 14.2. The van der Waals surface area contributed by atoms with Gasteiger partial charge < -0.3 is 14.4 Å². The van der Waals surface area contributed by atoms with Crippen LogP contribution in [0.4, 0.5) is 5.69 Å². The summed E-state index contributed by atoms with van der Waals surface area (Å²) >= 11 is 6.01. The summed E-state index contributed by atoms with van der Waals surface area (Å²) in [6.45, 7) is 2.71. The third-order valence-corrected chi connectivity index (χ3v) is 3.90. The number of halogens is 1. The van der Waals surface area contributed by atoms with Crippen molar-refractivity contribution in [1.82, 2.24) is 4.57 Å². The molecule has 0 aliphatic heterocycles. The Morgan fingerprint density at radius 1 is 1.22 bits per heavy atom. The number of aryl methyl sites for hydroxylation is 1. The van der Waals surface area contributed by atoms with Crippen molar-refractivity contribution in [2.24, 2.45) is 5.18 Å². The lowest BCUT2D eigenvalue weighted by Crippen LogP contribution is -2.07. The fourth-order valence-corrected chi connectivity index (χ4v) is 2.66. The number of nitroso groups, excluding NO2 is 1. The molecule has 0 bridgehead atoms. The first-order chi connectivity index (χ1) is 11.1. The Labute approximate surface area is 138 Å². The fraction of sp³-hybridized carbons (Fsp3) is 0.176. The van der Waals surface area contributed by atoms with E-state index in [1.54, 1.807) is 22.8 Å². The van der Waals surface area contributed by atoms with Crippen LogP contribution in [-0.4, -0.2) is 16.3 Å². The van der Waals surface area contributed by atoms with E-state index in [-0.39, 0.29) is 11.6 Å². The zero-order valence-electron chi connectivity index (χ0n) is 12.5. The Balaban J connectivity index is 1.84. The third-order valence-electron chi connectivity index (χ3n) is 3.67. The minimum atomic E-state index is -0.176. The van der Waals surface area contributed by atoms with Crippen molar-refractivity contribution in [3.8, 4) is 11.6 Å². The highest BCUT2D eigenvalue weighted by molar-refractivity contribution is 6.31. The number of nitrogens with zero attached hydrogens (tertiary/aromatic N) is 2. The van der Waals surface area contributed by atoms with Crippen LogP contribution >= 0.6 is 11.6 Å². The highest BCUT2D eigenvalue weighted by atomic mass is 35.5. The maximum Gasteiger partial charge on any atom is 0.222 e. The number of aromatic nitrogens is 1. The molecule has 0 radical (unpaired) electrons. The van der Waals surface area contributed by atoms with Crippen molar-refractivity contribution >= 4 is 28.2 Å². The van der Waals surface area contributed by atoms with Crippen molar-refractivity contribution in [2.75, 3.05) is 6.61 Å². The van der Waals surface area contributed by atoms with Crippen LogP contribution in [0.3, 0.4) is 0 Å². The van der Waals surface area contributed by atoms with Gasteiger partial charge in [-0.25, -0.2) is 0 Å². The van der Waals surface area contributed by atoms with Crippen molar-refractivity contribution in [2.45, 2.75) is 13.5 Å². The Hall–Kier alpha value is -2.53. The van der Waals surface area contributed by atoms with E-state index in [2.05, 4.69) is 5.18 Å². The molecule has 0 unspecified atom stereocenters. The summed E-state index contributed by atoms with van der Waals surface area (Å²) < 4.78 is 7.24. The molecule has 3 rings (SSSR count). The Morgan fingerprint density at radius 3 is 2.65 bits per heavy atom. The Bertz CT molecular complexity index is 856. The molecule has 1 aromatic heterocycles. The van der Waals surface area contributed by atoms with Crippen LogP contribution in [0, 0.1) is 11.8 Å². The van der Waals surface area contributed by atoms with E-state index in [4.69, 9.17) is 16.3 Å². The zero-order chi connectivity index (χ0) is 16.4. The monoisotopic (exact) mass is 330 g/mol. The second-order valence-electron chi connectivity index (χ2n) is 5.24. The molecule has 0 saturated carbocycles. The largest absolute Gasteiger partial charge is 0.493 e. The number of rotatable bonds is 5. The van der Waals surface area contributed by atoms with Crippen LogP contribution < -0.4 is 4.74 Å². The highest BCUT2D eigenvalue weighted by Crippen LogP contribution is 2.39. The molecule has 1 N–H and O–H groups in total. The molecule has 23 heavy (non-hydrogen) atoms. The average Bonchev–Trinajstić information content (AvgIpc) is 2.80. The molecule has 0 aliphatic rings. The second kappa shape index (κ2) is 6.30. The van der Waals surface area contributed by atoms with Crippen molar-refractivity contribution in [3.05, 3.63) is 58.0 Å². The summed E-state index contributed by atoms with van der Waals surface area (Å²) in [7, 11) is 0. The van der Waals surface area contributed by atoms with E-state index < -0.39 is 0 Å². The average molecular weight is 331 g/mol. The summed E-state index contributed by atoms with van der Waals surface area (Å²) in [6.07, 6.45) is 0. The summed E-state index contributed by atoms with van der Waals surface area (Å²) in [5.41, 5.74) is 1.83. The lowest BCUT2D eigenvalue weighted by molar-refractivity contribution is 0.290. The molecule has 6 heteroatoms. The van der Waals surface area contributed by atoms with Crippen LogP contribution in [0.2, 0.25) is 5.02 Å². The smallest absolute Gasteiger partial charge is 0.222 e. The fourth-order valence-electron chi connectivity index (χ4n) is 2.50. The van der Waals surface area contributed by atoms with E-state index in [1.807, 2.05) is 31.2 Å². The molecule has 1 heterocycles. The topological polar surface area (TPSA) is 63.8 Å². The SMILES string of the molecule is Cc1ccc(OCCn2c(O)c(N=O)c3ccc(Cl)cc32)cc1. The van der Waals surface area contributed by atoms with Crippen LogP contribution in [0.1, 0.15) is 5.56 Å². The summed E-state index contributed by atoms with van der Waals surface area (Å²) in [5.74, 6) is 0.572. The summed E-state index contributed by atoms with van der Waals surface area (Å²) in [6, 6.07) is 12.7. The molecule has 0 atom stereocenters. The highest BCUT2D eigenvalue weighted by Gasteiger charge is 2.17. The number of ether oxygens (including phenoxy) is 1. The van der Waals surface area contributed by atoms with Crippen LogP contribution in [0.5, 0.6) is 11.6 Å². The normalized spacial score (nSPS) is 10.9. The number of hydrogen-bond acceptors (Lipinski definition) is 4. The first-order valence-electron chi connectivity index (χ1n) is 7.13. The lowest BCUT2D eigenvalue weighted by Gasteiger charge is -2.09.